The molecule has 0 atom stereocenters. The highest BCUT2D eigenvalue weighted by molar-refractivity contribution is 6.29. The third-order valence-corrected chi connectivity index (χ3v) is 4.65. The Hall–Kier alpha value is -2.61. The predicted molar refractivity (Wildman–Crippen MR) is 105 cm³/mol. The van der Waals surface area contributed by atoms with E-state index in [1.54, 1.807) is 21.7 Å². The quantitative estimate of drug-likeness (QED) is 0.795. The number of rotatable bonds is 3. The Balaban J connectivity index is 1.76. The van der Waals surface area contributed by atoms with Gasteiger partial charge in [-0.2, -0.15) is 9.61 Å². The molecule has 3 heterocycles. The summed E-state index contributed by atoms with van der Waals surface area (Å²) < 4.78 is 7.20. The molecule has 1 saturated carbocycles. The zero-order valence-corrected chi connectivity index (χ0v) is 16.8. The van der Waals surface area contributed by atoms with Crippen molar-refractivity contribution < 1.29 is 14.3 Å². The Bertz CT molecular complexity index is 987. The Morgan fingerprint density at radius 1 is 1.43 bits per heavy atom. The summed E-state index contributed by atoms with van der Waals surface area (Å²) in [5.74, 6) is 0.524. The first-order valence-electron chi connectivity index (χ1n) is 9.24. The van der Waals surface area contributed by atoms with Crippen molar-refractivity contribution >= 4 is 41.1 Å². The standard InChI is InChI=1S/C19H22ClN5O3/c1-19(2,3)28-18(27)24(13-4-5-13)16-8-14(20)23-17-12(10-22-25(16)17)6-11-7-15(26)21-9-11/h6,8,10,13H,4-5,7,9H2,1-3H3,(H,21,26). The number of hydrogen-bond donors (Lipinski definition) is 1. The van der Waals surface area contributed by atoms with E-state index in [0.29, 0.717) is 24.4 Å². The number of fused-ring (bicyclic) bond motifs is 1. The molecule has 148 valence electrons. The molecule has 1 N–H and O–H groups in total. The first-order chi connectivity index (χ1) is 13.2. The van der Waals surface area contributed by atoms with Crippen LogP contribution in [0.3, 0.4) is 0 Å². The van der Waals surface area contributed by atoms with Crippen LogP contribution in [0.5, 0.6) is 0 Å². The van der Waals surface area contributed by atoms with Gasteiger partial charge in [-0.1, -0.05) is 11.6 Å². The maximum Gasteiger partial charge on any atom is 0.416 e. The van der Waals surface area contributed by atoms with Crippen LogP contribution in [0, 0.1) is 0 Å². The van der Waals surface area contributed by atoms with Crippen LogP contribution in [-0.4, -0.2) is 44.8 Å². The van der Waals surface area contributed by atoms with E-state index in [4.69, 9.17) is 16.3 Å². The van der Waals surface area contributed by atoms with Crippen molar-refractivity contribution in [3.05, 3.63) is 28.6 Å². The monoisotopic (exact) mass is 403 g/mol. The van der Waals surface area contributed by atoms with Gasteiger partial charge >= 0.3 is 6.09 Å². The number of halogens is 1. The van der Waals surface area contributed by atoms with E-state index in [1.807, 2.05) is 26.8 Å². The molecule has 2 amide bonds. The Labute approximate surface area is 167 Å². The number of nitrogens with one attached hydrogen (secondary N) is 1. The first-order valence-corrected chi connectivity index (χ1v) is 9.62. The molecule has 0 bridgehead atoms. The lowest BCUT2D eigenvalue weighted by Gasteiger charge is -2.27. The van der Waals surface area contributed by atoms with E-state index in [-0.39, 0.29) is 17.1 Å². The molecule has 2 aromatic heterocycles. The van der Waals surface area contributed by atoms with Crippen LogP contribution in [0.25, 0.3) is 11.7 Å². The second-order valence-corrected chi connectivity index (χ2v) is 8.50. The largest absolute Gasteiger partial charge is 0.443 e. The fourth-order valence-electron chi connectivity index (χ4n) is 3.15. The van der Waals surface area contributed by atoms with Gasteiger partial charge in [-0.15, -0.1) is 0 Å². The van der Waals surface area contributed by atoms with Crippen molar-refractivity contribution in [3.63, 3.8) is 0 Å². The van der Waals surface area contributed by atoms with Gasteiger partial charge in [0.25, 0.3) is 0 Å². The Morgan fingerprint density at radius 2 is 2.18 bits per heavy atom. The third kappa shape index (κ3) is 3.82. The van der Waals surface area contributed by atoms with Crippen LogP contribution in [-0.2, 0) is 9.53 Å². The van der Waals surface area contributed by atoms with Crippen LogP contribution in [0.15, 0.2) is 17.8 Å². The van der Waals surface area contributed by atoms with Crippen molar-refractivity contribution in [1.82, 2.24) is 19.9 Å². The van der Waals surface area contributed by atoms with E-state index < -0.39 is 11.7 Å². The lowest BCUT2D eigenvalue weighted by molar-refractivity contribution is -0.118. The van der Waals surface area contributed by atoms with Crippen molar-refractivity contribution in [2.75, 3.05) is 11.4 Å². The lowest BCUT2D eigenvalue weighted by Crippen LogP contribution is -2.39. The number of nitrogens with zero attached hydrogens (tertiary/aromatic N) is 4. The van der Waals surface area contributed by atoms with Crippen LogP contribution < -0.4 is 10.2 Å². The molecule has 28 heavy (non-hydrogen) atoms. The summed E-state index contributed by atoms with van der Waals surface area (Å²) >= 11 is 6.28. The fourth-order valence-corrected chi connectivity index (χ4v) is 3.33. The van der Waals surface area contributed by atoms with Crippen molar-refractivity contribution in [1.29, 1.82) is 0 Å². The normalized spacial score (nSPS) is 18.6. The number of aromatic nitrogens is 3. The average Bonchev–Trinajstić information content (AvgIpc) is 3.20. The minimum Gasteiger partial charge on any atom is -0.443 e. The summed E-state index contributed by atoms with van der Waals surface area (Å²) in [6, 6.07) is 1.68. The van der Waals surface area contributed by atoms with Gasteiger partial charge in [0.1, 0.15) is 16.6 Å². The van der Waals surface area contributed by atoms with E-state index in [1.165, 1.54) is 0 Å². The molecule has 9 heteroatoms. The van der Waals surface area contributed by atoms with Crippen LogP contribution in [0.2, 0.25) is 5.15 Å². The lowest BCUT2D eigenvalue weighted by atomic mass is 10.1. The average molecular weight is 404 g/mol. The first kappa shape index (κ1) is 18.7. The van der Waals surface area contributed by atoms with E-state index in [0.717, 1.165) is 24.0 Å². The molecule has 1 aliphatic heterocycles. The minimum atomic E-state index is -0.609. The molecule has 8 nitrogen and oxygen atoms in total. The van der Waals surface area contributed by atoms with Crippen LogP contribution in [0.4, 0.5) is 10.6 Å². The zero-order valence-electron chi connectivity index (χ0n) is 16.0. The Kier molecular flexibility index (Phi) is 4.53. The number of carbonyl (C=O) groups excluding carboxylic acids is 2. The van der Waals surface area contributed by atoms with E-state index >= 15 is 0 Å². The van der Waals surface area contributed by atoms with Gasteiger partial charge < -0.3 is 10.1 Å². The molecule has 0 aromatic carbocycles. The highest BCUT2D eigenvalue weighted by Crippen LogP contribution is 2.34. The van der Waals surface area contributed by atoms with Gasteiger partial charge in [0.15, 0.2) is 5.65 Å². The zero-order chi connectivity index (χ0) is 20.1. The smallest absolute Gasteiger partial charge is 0.416 e. The summed E-state index contributed by atoms with van der Waals surface area (Å²) in [7, 11) is 0. The second-order valence-electron chi connectivity index (χ2n) is 8.11. The van der Waals surface area contributed by atoms with Crippen molar-refractivity contribution in [2.45, 2.75) is 51.7 Å². The van der Waals surface area contributed by atoms with Crippen molar-refractivity contribution in [2.24, 2.45) is 0 Å². The van der Waals surface area contributed by atoms with Crippen LogP contribution in [0.1, 0.15) is 45.6 Å². The molecule has 4 rings (SSSR count). The highest BCUT2D eigenvalue weighted by atomic mass is 35.5. The molecule has 1 aliphatic carbocycles. The van der Waals surface area contributed by atoms with Gasteiger partial charge in [-0.3, -0.25) is 9.69 Å². The Morgan fingerprint density at radius 3 is 2.79 bits per heavy atom. The maximum atomic E-state index is 12.9. The fraction of sp³-hybridized carbons (Fsp3) is 0.474. The minimum absolute atomic E-state index is 0.000705. The van der Waals surface area contributed by atoms with Crippen molar-refractivity contribution in [3.8, 4) is 0 Å². The molecule has 0 radical (unpaired) electrons. The van der Waals surface area contributed by atoms with E-state index in [9.17, 15) is 9.59 Å². The number of amides is 2. The number of carbonyl (C=O) groups is 2. The number of hydrogen-bond acceptors (Lipinski definition) is 5. The molecule has 1 saturated heterocycles. The van der Waals surface area contributed by atoms with E-state index in [2.05, 4.69) is 15.4 Å². The topological polar surface area (TPSA) is 88.8 Å². The summed E-state index contributed by atoms with van der Waals surface area (Å²) in [6.45, 7) is 6.01. The summed E-state index contributed by atoms with van der Waals surface area (Å²) in [6.07, 6.45) is 5.27. The maximum absolute atomic E-state index is 12.9. The van der Waals surface area contributed by atoms with Gasteiger partial charge in [0, 0.05) is 30.6 Å². The van der Waals surface area contributed by atoms with Gasteiger partial charge in [0.05, 0.1) is 6.20 Å². The summed E-state index contributed by atoms with van der Waals surface area (Å²) in [5.41, 5.74) is 1.62. The number of anilines is 1. The van der Waals surface area contributed by atoms with Gasteiger partial charge in [-0.05, 0) is 45.3 Å². The van der Waals surface area contributed by atoms with Crippen LogP contribution >= 0.6 is 11.6 Å². The molecule has 2 aromatic rings. The molecule has 0 spiro atoms. The summed E-state index contributed by atoms with van der Waals surface area (Å²) in [4.78, 5) is 30.3. The molecular formula is C19H22ClN5O3. The summed E-state index contributed by atoms with van der Waals surface area (Å²) in [5, 5.41) is 7.47. The molecule has 0 unspecified atom stereocenters. The SMILES string of the molecule is CC(C)(C)OC(=O)N(c1cc(Cl)nc2c(C=C3CNC(=O)C3)cnn12)C1CC1. The molecular weight excluding hydrogens is 382 g/mol. The third-order valence-electron chi connectivity index (χ3n) is 4.46. The second kappa shape index (κ2) is 6.77. The molecule has 2 fully saturated rings. The van der Waals surface area contributed by atoms with Gasteiger partial charge in [0.2, 0.25) is 5.91 Å². The highest BCUT2D eigenvalue weighted by Gasteiger charge is 2.38. The predicted octanol–water partition coefficient (Wildman–Crippen LogP) is 3.19. The number of ether oxygens (including phenoxy) is 1. The molecule has 2 aliphatic rings. The van der Waals surface area contributed by atoms with Gasteiger partial charge in [-0.25, -0.2) is 9.78 Å².